The van der Waals surface area contributed by atoms with Gasteiger partial charge >= 0.3 is 0 Å². The smallest absolute Gasteiger partial charge is 0.262 e. The van der Waals surface area contributed by atoms with Gasteiger partial charge in [0.15, 0.2) is 0 Å². The highest BCUT2D eigenvalue weighted by atomic mass is 32.2. The molecule has 0 aliphatic heterocycles. The summed E-state index contributed by atoms with van der Waals surface area (Å²) in [7, 11) is -7.82. The van der Waals surface area contributed by atoms with Gasteiger partial charge in [-0.05, 0) is 59.7 Å². The first-order valence-corrected chi connectivity index (χ1v) is 12.9. The summed E-state index contributed by atoms with van der Waals surface area (Å²) >= 11 is 0. The van der Waals surface area contributed by atoms with Crippen molar-refractivity contribution in [3.63, 3.8) is 0 Å². The van der Waals surface area contributed by atoms with Crippen molar-refractivity contribution < 1.29 is 27.0 Å². The summed E-state index contributed by atoms with van der Waals surface area (Å²) in [4.78, 5) is 0.0103. The van der Waals surface area contributed by atoms with Crippen molar-refractivity contribution >= 4 is 31.4 Å². The van der Waals surface area contributed by atoms with Crippen molar-refractivity contribution in [2.75, 3.05) is 9.44 Å². The first-order chi connectivity index (χ1) is 16.2. The predicted molar refractivity (Wildman–Crippen MR) is 130 cm³/mol. The molecule has 0 aromatic heterocycles. The second-order valence-corrected chi connectivity index (χ2v) is 10.7. The molecule has 174 valence electrons. The van der Waals surface area contributed by atoms with Crippen LogP contribution < -0.4 is 9.44 Å². The van der Waals surface area contributed by atoms with Gasteiger partial charge in [0.2, 0.25) is 0 Å². The second kappa shape index (κ2) is 9.08. The van der Waals surface area contributed by atoms with Crippen LogP contribution in [0.4, 0.5) is 11.4 Å². The average Bonchev–Trinajstić information content (AvgIpc) is 2.82. The molecule has 4 aromatic carbocycles. The van der Waals surface area contributed by atoms with Gasteiger partial charge in [-0.15, -0.1) is 0 Å². The zero-order valence-corrected chi connectivity index (χ0v) is 19.2. The van der Waals surface area contributed by atoms with Crippen LogP contribution in [0, 0.1) is 0 Å². The summed E-state index contributed by atoms with van der Waals surface area (Å²) in [6, 6.07) is 24.1. The molecular weight excluding hydrogens is 476 g/mol. The molecule has 0 bridgehead atoms. The Bertz CT molecular complexity index is 1410. The SMILES string of the molecule is O=S(=O)(Nc1ccccc1O)c1ccc(-c2ccc(S(=O)(=O)Nc3ccccc3O)cc2)cc1. The Morgan fingerprint density at radius 3 is 1.12 bits per heavy atom. The van der Waals surface area contributed by atoms with Gasteiger partial charge in [-0.25, -0.2) is 16.8 Å². The van der Waals surface area contributed by atoms with Crippen LogP contribution in [0.15, 0.2) is 107 Å². The Morgan fingerprint density at radius 2 is 0.794 bits per heavy atom. The molecule has 0 unspecified atom stereocenters. The number of sulfonamides is 2. The first kappa shape index (κ1) is 23.1. The maximum absolute atomic E-state index is 12.6. The molecule has 0 radical (unpaired) electrons. The van der Waals surface area contributed by atoms with Crippen LogP contribution in [0.1, 0.15) is 0 Å². The number of hydrogen-bond donors (Lipinski definition) is 4. The van der Waals surface area contributed by atoms with Gasteiger partial charge in [-0.1, -0.05) is 48.5 Å². The van der Waals surface area contributed by atoms with Crippen molar-refractivity contribution in [1.29, 1.82) is 0 Å². The topological polar surface area (TPSA) is 133 Å². The molecule has 10 heteroatoms. The fourth-order valence-corrected chi connectivity index (χ4v) is 5.33. The zero-order chi connectivity index (χ0) is 24.3. The van der Waals surface area contributed by atoms with Gasteiger partial charge in [0, 0.05) is 0 Å². The standard InChI is InChI=1S/C24H20N2O6S2/c27-23-7-3-1-5-21(23)25-33(29,30)19-13-9-17(10-14-19)18-11-15-20(16-12-18)34(31,32)26-22-6-2-4-8-24(22)28/h1-16,25-28H. The molecule has 0 atom stereocenters. The van der Waals surface area contributed by atoms with Crippen LogP contribution in [0.5, 0.6) is 11.5 Å². The number of nitrogens with one attached hydrogen (secondary N) is 2. The van der Waals surface area contributed by atoms with Crippen LogP contribution in [-0.4, -0.2) is 27.0 Å². The predicted octanol–water partition coefficient (Wildman–Crippen LogP) is 4.37. The van der Waals surface area contributed by atoms with E-state index in [1.165, 1.54) is 48.5 Å². The van der Waals surface area contributed by atoms with Crippen LogP contribution in [0.3, 0.4) is 0 Å². The molecule has 0 heterocycles. The van der Waals surface area contributed by atoms with Crippen molar-refractivity contribution in [3.8, 4) is 22.6 Å². The molecule has 0 fully saturated rings. The Morgan fingerprint density at radius 1 is 0.471 bits per heavy atom. The second-order valence-electron chi connectivity index (χ2n) is 7.29. The third kappa shape index (κ3) is 4.98. The lowest BCUT2D eigenvalue weighted by Gasteiger charge is -2.11. The van der Waals surface area contributed by atoms with E-state index in [0.29, 0.717) is 11.1 Å². The Labute approximate surface area is 197 Å². The quantitative estimate of drug-likeness (QED) is 0.281. The van der Waals surface area contributed by atoms with E-state index < -0.39 is 20.0 Å². The molecule has 34 heavy (non-hydrogen) atoms. The molecule has 0 saturated heterocycles. The van der Waals surface area contributed by atoms with Gasteiger partial charge in [0.05, 0.1) is 21.2 Å². The van der Waals surface area contributed by atoms with E-state index in [9.17, 15) is 27.0 Å². The van der Waals surface area contributed by atoms with Gasteiger partial charge in [0.1, 0.15) is 11.5 Å². The first-order valence-electron chi connectivity index (χ1n) is 9.98. The highest BCUT2D eigenvalue weighted by Crippen LogP contribution is 2.28. The minimum atomic E-state index is -3.91. The van der Waals surface area contributed by atoms with Crippen molar-refractivity contribution in [2.45, 2.75) is 9.79 Å². The number of aromatic hydroxyl groups is 2. The van der Waals surface area contributed by atoms with Crippen LogP contribution in [-0.2, 0) is 20.0 Å². The lowest BCUT2D eigenvalue weighted by Crippen LogP contribution is -2.13. The van der Waals surface area contributed by atoms with Gasteiger partial charge in [-0.2, -0.15) is 0 Å². The molecule has 4 N–H and O–H groups in total. The van der Waals surface area contributed by atoms with Gasteiger partial charge < -0.3 is 10.2 Å². The fraction of sp³-hybridized carbons (Fsp3) is 0. The average molecular weight is 497 g/mol. The number of benzene rings is 4. The highest BCUT2D eigenvalue weighted by Gasteiger charge is 2.18. The zero-order valence-electron chi connectivity index (χ0n) is 17.6. The van der Waals surface area contributed by atoms with E-state index in [2.05, 4.69) is 9.44 Å². The third-order valence-corrected chi connectivity index (χ3v) is 7.72. The van der Waals surface area contributed by atoms with Crippen molar-refractivity contribution in [3.05, 3.63) is 97.1 Å². The maximum atomic E-state index is 12.6. The molecule has 0 aliphatic rings. The molecule has 0 amide bonds. The molecule has 0 aliphatic carbocycles. The molecule has 8 nitrogen and oxygen atoms in total. The molecule has 0 spiro atoms. The van der Waals surface area contributed by atoms with Crippen molar-refractivity contribution in [1.82, 2.24) is 0 Å². The largest absolute Gasteiger partial charge is 0.506 e. The molecular formula is C24H20N2O6S2. The molecule has 4 aromatic rings. The fourth-order valence-electron chi connectivity index (χ4n) is 3.18. The lowest BCUT2D eigenvalue weighted by atomic mass is 10.1. The number of hydrogen-bond acceptors (Lipinski definition) is 6. The number of phenolic OH excluding ortho intramolecular Hbond substituents is 2. The van der Waals surface area contributed by atoms with E-state index >= 15 is 0 Å². The minimum Gasteiger partial charge on any atom is -0.506 e. The third-order valence-electron chi connectivity index (χ3n) is 4.96. The molecule has 0 saturated carbocycles. The number of anilines is 2. The monoisotopic (exact) mass is 496 g/mol. The van der Waals surface area contributed by atoms with Crippen LogP contribution >= 0.6 is 0 Å². The minimum absolute atomic E-state index is 0.00516. The van der Waals surface area contributed by atoms with E-state index in [4.69, 9.17) is 0 Å². The Kier molecular flexibility index (Phi) is 6.18. The van der Waals surface area contributed by atoms with Gasteiger partial charge in [0.25, 0.3) is 20.0 Å². The lowest BCUT2D eigenvalue weighted by molar-refractivity contribution is 0.477. The Balaban J connectivity index is 1.52. The summed E-state index contributed by atoms with van der Waals surface area (Å²) in [5.74, 6) is -0.371. The summed E-state index contributed by atoms with van der Waals surface area (Å²) in [5.41, 5.74) is 1.50. The van der Waals surface area contributed by atoms with E-state index in [-0.39, 0.29) is 32.7 Å². The van der Waals surface area contributed by atoms with Gasteiger partial charge in [-0.3, -0.25) is 9.44 Å². The maximum Gasteiger partial charge on any atom is 0.262 e. The Hall–Kier alpha value is -4.02. The van der Waals surface area contributed by atoms with Crippen LogP contribution in [0.25, 0.3) is 11.1 Å². The number of rotatable bonds is 7. The van der Waals surface area contributed by atoms with Crippen molar-refractivity contribution in [2.24, 2.45) is 0 Å². The highest BCUT2D eigenvalue weighted by molar-refractivity contribution is 7.93. The number of para-hydroxylation sites is 4. The summed E-state index contributed by atoms with van der Waals surface area (Å²) in [5, 5.41) is 19.6. The summed E-state index contributed by atoms with van der Waals surface area (Å²) in [6.07, 6.45) is 0. The van der Waals surface area contributed by atoms with E-state index in [1.807, 2.05) is 0 Å². The van der Waals surface area contributed by atoms with E-state index in [1.54, 1.807) is 48.5 Å². The number of phenols is 2. The molecule has 4 rings (SSSR count). The normalized spacial score (nSPS) is 11.6. The summed E-state index contributed by atoms with van der Waals surface area (Å²) < 4.78 is 55.1. The van der Waals surface area contributed by atoms with Crippen LogP contribution in [0.2, 0.25) is 0 Å². The summed E-state index contributed by atoms with van der Waals surface area (Å²) in [6.45, 7) is 0. The van der Waals surface area contributed by atoms with E-state index in [0.717, 1.165) is 0 Å².